The maximum atomic E-state index is 12.1. The highest BCUT2D eigenvalue weighted by molar-refractivity contribution is 5.85. The predicted octanol–water partition coefficient (Wildman–Crippen LogP) is 1.65. The van der Waals surface area contributed by atoms with Crippen LogP contribution in [0.4, 0.5) is 10.7 Å². The third-order valence-electron chi connectivity index (χ3n) is 4.56. The lowest BCUT2D eigenvalue weighted by molar-refractivity contribution is 0.0634. The first-order valence-electron chi connectivity index (χ1n) is 8.90. The molecular weight excluding hydrogens is 366 g/mol. The van der Waals surface area contributed by atoms with E-state index in [9.17, 15) is 15.0 Å². The molecule has 0 unspecified atom stereocenters. The van der Waals surface area contributed by atoms with Crippen molar-refractivity contribution < 1.29 is 24.5 Å². The second-order valence-electron chi connectivity index (χ2n) is 7.69. The van der Waals surface area contributed by atoms with E-state index in [0.29, 0.717) is 23.2 Å². The normalized spacial score (nSPS) is 22.5. The Morgan fingerprint density at radius 3 is 2.71 bits per heavy atom. The van der Waals surface area contributed by atoms with Gasteiger partial charge in [0.15, 0.2) is 11.2 Å². The van der Waals surface area contributed by atoms with Crippen LogP contribution in [0.1, 0.15) is 33.2 Å². The lowest BCUT2D eigenvalue weighted by Gasteiger charge is -2.19. The smallest absolute Gasteiger partial charge is 0.414 e. The van der Waals surface area contributed by atoms with E-state index in [1.165, 1.54) is 7.11 Å². The molecule has 0 aliphatic heterocycles. The molecule has 3 rings (SSSR count). The second kappa shape index (κ2) is 7.36. The number of fused-ring (bicyclic) bond motifs is 1. The first-order chi connectivity index (χ1) is 13.1. The molecule has 28 heavy (non-hydrogen) atoms. The van der Waals surface area contributed by atoms with Crippen molar-refractivity contribution in [2.45, 2.75) is 44.9 Å². The molecule has 2 aromatic heterocycles. The predicted molar refractivity (Wildman–Crippen MR) is 101 cm³/mol. The SMILES string of the molecule is C=C1[C@H](CO)[C@@H](O)C[C@@H]1n1cnc2c(OC)nc(NC(=O)OC(C)(C)C)nc21. The highest BCUT2D eigenvalue weighted by Crippen LogP contribution is 2.40. The average Bonchev–Trinajstić information content (AvgIpc) is 3.12. The Kier molecular flexibility index (Phi) is 5.26. The largest absolute Gasteiger partial charge is 0.479 e. The molecule has 1 aliphatic carbocycles. The number of hydrogen-bond acceptors (Lipinski definition) is 8. The number of rotatable bonds is 4. The van der Waals surface area contributed by atoms with Gasteiger partial charge in [0, 0.05) is 5.92 Å². The van der Waals surface area contributed by atoms with Crippen LogP contribution in [-0.4, -0.2) is 61.2 Å². The number of nitrogens with one attached hydrogen (secondary N) is 1. The van der Waals surface area contributed by atoms with E-state index in [1.807, 2.05) is 0 Å². The summed E-state index contributed by atoms with van der Waals surface area (Å²) < 4.78 is 12.3. The Labute approximate surface area is 162 Å². The molecule has 0 saturated heterocycles. The minimum atomic E-state index is -0.706. The van der Waals surface area contributed by atoms with Crippen LogP contribution in [0.25, 0.3) is 11.2 Å². The van der Waals surface area contributed by atoms with Crippen molar-refractivity contribution in [3.63, 3.8) is 0 Å². The summed E-state index contributed by atoms with van der Waals surface area (Å²) in [5, 5.41) is 22.2. The second-order valence-corrected chi connectivity index (χ2v) is 7.69. The van der Waals surface area contributed by atoms with E-state index >= 15 is 0 Å². The topological polar surface area (TPSA) is 132 Å². The highest BCUT2D eigenvalue weighted by atomic mass is 16.6. The number of ether oxygens (including phenoxy) is 2. The molecule has 152 valence electrons. The molecule has 2 aromatic rings. The van der Waals surface area contributed by atoms with Gasteiger partial charge in [0.05, 0.1) is 32.2 Å². The van der Waals surface area contributed by atoms with Gasteiger partial charge in [-0.1, -0.05) is 6.58 Å². The van der Waals surface area contributed by atoms with Gasteiger partial charge >= 0.3 is 6.09 Å². The minimum Gasteiger partial charge on any atom is -0.479 e. The van der Waals surface area contributed by atoms with E-state index in [1.54, 1.807) is 31.7 Å². The van der Waals surface area contributed by atoms with E-state index < -0.39 is 23.7 Å². The van der Waals surface area contributed by atoms with Crippen LogP contribution in [-0.2, 0) is 4.74 Å². The number of methoxy groups -OCH3 is 1. The van der Waals surface area contributed by atoms with Crippen LogP contribution in [0, 0.1) is 5.92 Å². The van der Waals surface area contributed by atoms with Crippen LogP contribution in [0.5, 0.6) is 5.88 Å². The number of carbonyl (C=O) groups is 1. The zero-order valence-electron chi connectivity index (χ0n) is 16.3. The number of aliphatic hydroxyl groups is 2. The molecule has 3 N–H and O–H groups in total. The van der Waals surface area contributed by atoms with Crippen LogP contribution >= 0.6 is 0 Å². The maximum Gasteiger partial charge on any atom is 0.414 e. The number of aliphatic hydroxyl groups excluding tert-OH is 2. The Bertz CT molecular complexity index is 904. The monoisotopic (exact) mass is 391 g/mol. The summed E-state index contributed by atoms with van der Waals surface area (Å²) in [6.45, 7) is 9.09. The fraction of sp³-hybridized carbons (Fsp3) is 0.556. The third kappa shape index (κ3) is 3.78. The van der Waals surface area contributed by atoms with Gasteiger partial charge in [0.25, 0.3) is 0 Å². The van der Waals surface area contributed by atoms with Gasteiger partial charge in [0.2, 0.25) is 11.8 Å². The van der Waals surface area contributed by atoms with Crippen LogP contribution in [0.3, 0.4) is 0 Å². The molecule has 1 amide bonds. The summed E-state index contributed by atoms with van der Waals surface area (Å²) in [7, 11) is 1.44. The zero-order chi connectivity index (χ0) is 20.6. The molecule has 0 radical (unpaired) electrons. The molecule has 10 nitrogen and oxygen atoms in total. The van der Waals surface area contributed by atoms with Crippen LogP contribution in [0.15, 0.2) is 18.5 Å². The average molecular weight is 391 g/mol. The van der Waals surface area contributed by atoms with E-state index in [-0.39, 0.29) is 24.5 Å². The number of nitrogens with zero attached hydrogens (tertiary/aromatic N) is 4. The summed E-state index contributed by atoms with van der Waals surface area (Å²) in [6, 6.07) is -0.300. The van der Waals surface area contributed by atoms with Crippen molar-refractivity contribution in [2.75, 3.05) is 19.0 Å². The summed E-state index contributed by atoms with van der Waals surface area (Å²) in [5.41, 5.74) is 0.840. The summed E-state index contributed by atoms with van der Waals surface area (Å²) in [5.74, 6) is -0.216. The van der Waals surface area contributed by atoms with Crippen molar-refractivity contribution in [3.05, 3.63) is 18.5 Å². The van der Waals surface area contributed by atoms with Crippen molar-refractivity contribution in [3.8, 4) is 5.88 Å². The maximum absolute atomic E-state index is 12.1. The first kappa shape index (κ1) is 20.0. The van der Waals surface area contributed by atoms with Crippen molar-refractivity contribution in [1.29, 1.82) is 0 Å². The minimum absolute atomic E-state index is 0.00298. The van der Waals surface area contributed by atoms with Gasteiger partial charge in [-0.25, -0.2) is 9.78 Å². The molecule has 0 spiro atoms. The summed E-state index contributed by atoms with van der Waals surface area (Å²) in [6.07, 6.45) is 0.530. The molecule has 1 aliphatic rings. The van der Waals surface area contributed by atoms with Crippen molar-refractivity contribution in [1.82, 2.24) is 19.5 Å². The number of amides is 1. The summed E-state index contributed by atoms with van der Waals surface area (Å²) >= 11 is 0. The Balaban J connectivity index is 1.98. The Hall–Kier alpha value is -2.72. The standard InChI is InChI=1S/C18H25N5O5/c1-9-10(7-24)12(25)6-11(9)23-8-19-13-14(23)20-16(21-15(13)27-5)22-17(26)28-18(2,3)4/h8,10-12,24-25H,1,6-7H2,2-5H3,(H,20,21,22,26)/t10-,11-,12-/m0/s1. The van der Waals surface area contributed by atoms with E-state index in [4.69, 9.17) is 9.47 Å². The van der Waals surface area contributed by atoms with Gasteiger partial charge in [-0.15, -0.1) is 0 Å². The number of imidazole rings is 1. The van der Waals surface area contributed by atoms with Gasteiger partial charge in [-0.3, -0.25) is 5.32 Å². The molecular formula is C18H25N5O5. The van der Waals surface area contributed by atoms with Crippen LogP contribution < -0.4 is 10.1 Å². The van der Waals surface area contributed by atoms with Gasteiger partial charge in [-0.2, -0.15) is 9.97 Å². The molecule has 0 bridgehead atoms. The summed E-state index contributed by atoms with van der Waals surface area (Å²) in [4.78, 5) is 24.9. The Morgan fingerprint density at radius 1 is 1.43 bits per heavy atom. The molecule has 3 atom stereocenters. The molecule has 0 aromatic carbocycles. The van der Waals surface area contributed by atoms with Crippen molar-refractivity contribution >= 4 is 23.2 Å². The molecule has 1 fully saturated rings. The van der Waals surface area contributed by atoms with Gasteiger partial charge in [-0.05, 0) is 32.8 Å². The first-order valence-corrected chi connectivity index (χ1v) is 8.90. The van der Waals surface area contributed by atoms with Crippen LogP contribution in [0.2, 0.25) is 0 Å². The van der Waals surface area contributed by atoms with E-state index in [2.05, 4.69) is 26.8 Å². The van der Waals surface area contributed by atoms with Gasteiger partial charge in [0.1, 0.15) is 5.60 Å². The fourth-order valence-electron chi connectivity index (χ4n) is 3.28. The van der Waals surface area contributed by atoms with Gasteiger partial charge < -0.3 is 24.3 Å². The third-order valence-corrected chi connectivity index (χ3v) is 4.56. The molecule has 1 saturated carbocycles. The molecule has 10 heteroatoms. The number of hydrogen-bond donors (Lipinski definition) is 3. The number of carbonyl (C=O) groups excluding carboxylic acids is 1. The fourth-order valence-corrected chi connectivity index (χ4v) is 3.28. The lowest BCUT2D eigenvalue weighted by atomic mass is 10.0. The molecule has 2 heterocycles. The quantitative estimate of drug-likeness (QED) is 0.671. The van der Waals surface area contributed by atoms with E-state index in [0.717, 1.165) is 0 Å². The number of aromatic nitrogens is 4. The van der Waals surface area contributed by atoms with Crippen molar-refractivity contribution in [2.24, 2.45) is 5.92 Å². The zero-order valence-corrected chi connectivity index (χ0v) is 16.3. The number of anilines is 1. The Morgan fingerprint density at radius 2 is 2.14 bits per heavy atom. The lowest BCUT2D eigenvalue weighted by Crippen LogP contribution is -2.28. The highest BCUT2D eigenvalue weighted by Gasteiger charge is 2.38.